The van der Waals surface area contributed by atoms with Gasteiger partial charge in [-0.2, -0.15) is 5.10 Å². The lowest BCUT2D eigenvalue weighted by molar-refractivity contribution is 0.0735. The molecular formula is C23H26N4O2. The molecule has 6 nitrogen and oxygen atoms in total. The number of aryl methyl sites for hydroxylation is 2. The number of ether oxygens (including phenoxy) is 1. The third kappa shape index (κ3) is 3.83. The van der Waals surface area contributed by atoms with Gasteiger partial charge < -0.3 is 14.5 Å². The van der Waals surface area contributed by atoms with Gasteiger partial charge in [0.2, 0.25) is 0 Å². The molecule has 150 valence electrons. The number of hydrogen-bond acceptors (Lipinski definition) is 4. The lowest BCUT2D eigenvalue weighted by Crippen LogP contribution is -2.49. The van der Waals surface area contributed by atoms with Crippen LogP contribution in [0.3, 0.4) is 0 Å². The molecule has 1 fully saturated rings. The molecular weight excluding hydrogens is 364 g/mol. The highest BCUT2D eigenvalue weighted by atomic mass is 16.5. The van der Waals surface area contributed by atoms with Crippen molar-refractivity contribution in [1.82, 2.24) is 14.7 Å². The molecule has 1 aliphatic rings. The number of hydrogen-bond donors (Lipinski definition) is 0. The Kier molecular flexibility index (Phi) is 5.25. The summed E-state index contributed by atoms with van der Waals surface area (Å²) >= 11 is 0. The van der Waals surface area contributed by atoms with Crippen LogP contribution in [0, 0.1) is 6.92 Å². The number of anilines is 1. The third-order valence-corrected chi connectivity index (χ3v) is 5.49. The number of nitrogens with zero attached hydrogens (tertiary/aromatic N) is 4. The maximum absolute atomic E-state index is 13.1. The van der Waals surface area contributed by atoms with Gasteiger partial charge >= 0.3 is 0 Å². The van der Waals surface area contributed by atoms with E-state index in [2.05, 4.69) is 41.2 Å². The molecule has 0 unspecified atom stereocenters. The Morgan fingerprint density at radius 1 is 1.00 bits per heavy atom. The molecule has 1 saturated heterocycles. The van der Waals surface area contributed by atoms with Crippen LogP contribution in [0.2, 0.25) is 0 Å². The van der Waals surface area contributed by atoms with Crippen LogP contribution in [0.1, 0.15) is 16.1 Å². The topological polar surface area (TPSA) is 50.6 Å². The van der Waals surface area contributed by atoms with Crippen LogP contribution in [-0.4, -0.2) is 53.9 Å². The zero-order valence-electron chi connectivity index (χ0n) is 17.1. The van der Waals surface area contributed by atoms with Crippen molar-refractivity contribution < 1.29 is 9.53 Å². The highest BCUT2D eigenvalue weighted by Gasteiger charge is 2.25. The normalized spacial score (nSPS) is 14.2. The summed E-state index contributed by atoms with van der Waals surface area (Å²) in [4.78, 5) is 17.4. The standard InChI is InChI=1S/C23H26N4O2/c1-17-7-4-5-10-21(17)26-11-13-27(14-12-26)23(28)22-16-20(24-25(22)2)18-8-6-9-19(15-18)29-3/h4-10,15-16H,11-14H2,1-3H3. The predicted octanol–water partition coefficient (Wildman–Crippen LogP) is 3.37. The first kappa shape index (κ1) is 19.1. The van der Waals surface area contributed by atoms with Gasteiger partial charge in [-0.05, 0) is 36.8 Å². The molecule has 0 radical (unpaired) electrons. The largest absolute Gasteiger partial charge is 0.497 e. The first-order valence-corrected chi connectivity index (χ1v) is 9.85. The van der Waals surface area contributed by atoms with Gasteiger partial charge in [0.05, 0.1) is 12.8 Å². The Labute approximate surface area is 171 Å². The van der Waals surface area contributed by atoms with E-state index in [9.17, 15) is 4.79 Å². The number of piperazine rings is 1. The van der Waals surface area contributed by atoms with Gasteiger partial charge in [0, 0.05) is 44.5 Å². The molecule has 1 aliphatic heterocycles. The van der Waals surface area contributed by atoms with E-state index in [-0.39, 0.29) is 5.91 Å². The van der Waals surface area contributed by atoms with Crippen molar-refractivity contribution in [3.63, 3.8) is 0 Å². The zero-order chi connectivity index (χ0) is 20.4. The van der Waals surface area contributed by atoms with Gasteiger partial charge in [-0.3, -0.25) is 9.48 Å². The zero-order valence-corrected chi connectivity index (χ0v) is 17.1. The maximum Gasteiger partial charge on any atom is 0.272 e. The van der Waals surface area contributed by atoms with E-state index in [0.29, 0.717) is 18.8 Å². The molecule has 1 amide bonds. The highest BCUT2D eigenvalue weighted by Crippen LogP contribution is 2.25. The minimum absolute atomic E-state index is 0.0265. The van der Waals surface area contributed by atoms with Crippen LogP contribution in [0.15, 0.2) is 54.6 Å². The summed E-state index contributed by atoms with van der Waals surface area (Å²) in [5.74, 6) is 0.798. The Morgan fingerprint density at radius 3 is 2.48 bits per heavy atom. The number of aromatic nitrogens is 2. The summed E-state index contributed by atoms with van der Waals surface area (Å²) in [5, 5.41) is 4.55. The smallest absolute Gasteiger partial charge is 0.272 e. The summed E-state index contributed by atoms with van der Waals surface area (Å²) in [6.07, 6.45) is 0. The van der Waals surface area contributed by atoms with Crippen LogP contribution in [-0.2, 0) is 7.05 Å². The van der Waals surface area contributed by atoms with Crippen molar-refractivity contribution in [1.29, 1.82) is 0 Å². The van der Waals surface area contributed by atoms with Crippen molar-refractivity contribution in [2.45, 2.75) is 6.92 Å². The van der Waals surface area contributed by atoms with E-state index in [1.54, 1.807) is 11.8 Å². The number of carbonyl (C=O) groups is 1. The minimum Gasteiger partial charge on any atom is -0.497 e. The van der Waals surface area contributed by atoms with E-state index in [4.69, 9.17) is 4.74 Å². The molecule has 6 heteroatoms. The van der Waals surface area contributed by atoms with Crippen LogP contribution in [0.4, 0.5) is 5.69 Å². The maximum atomic E-state index is 13.1. The fourth-order valence-electron chi connectivity index (χ4n) is 3.82. The molecule has 29 heavy (non-hydrogen) atoms. The Morgan fingerprint density at radius 2 is 1.76 bits per heavy atom. The van der Waals surface area contributed by atoms with E-state index in [1.165, 1.54) is 11.3 Å². The number of methoxy groups -OCH3 is 1. The first-order valence-electron chi connectivity index (χ1n) is 9.85. The summed E-state index contributed by atoms with van der Waals surface area (Å²) in [6.45, 7) is 5.19. The van der Waals surface area contributed by atoms with Crippen molar-refractivity contribution in [2.75, 3.05) is 38.2 Å². The van der Waals surface area contributed by atoms with Crippen LogP contribution < -0.4 is 9.64 Å². The average molecular weight is 390 g/mol. The van der Waals surface area contributed by atoms with Gasteiger partial charge in [-0.25, -0.2) is 0 Å². The molecule has 2 aromatic carbocycles. The molecule has 0 spiro atoms. The fraction of sp³-hybridized carbons (Fsp3) is 0.304. The lowest BCUT2D eigenvalue weighted by atomic mass is 10.1. The molecule has 0 aliphatic carbocycles. The second-order valence-electron chi connectivity index (χ2n) is 7.34. The average Bonchev–Trinajstić information content (AvgIpc) is 3.15. The number of carbonyl (C=O) groups excluding carboxylic acids is 1. The molecule has 0 saturated carbocycles. The number of amides is 1. The number of benzene rings is 2. The Hall–Kier alpha value is -3.28. The van der Waals surface area contributed by atoms with Gasteiger partial charge in [0.25, 0.3) is 5.91 Å². The van der Waals surface area contributed by atoms with Gasteiger partial charge in [0.1, 0.15) is 11.4 Å². The molecule has 0 bridgehead atoms. The lowest BCUT2D eigenvalue weighted by Gasteiger charge is -2.36. The summed E-state index contributed by atoms with van der Waals surface area (Å²) < 4.78 is 6.97. The van der Waals surface area contributed by atoms with E-state index in [1.807, 2.05) is 42.3 Å². The molecule has 0 atom stereocenters. The Bertz CT molecular complexity index is 1020. The quantitative estimate of drug-likeness (QED) is 0.685. The molecule has 2 heterocycles. The number of para-hydroxylation sites is 1. The molecule has 0 N–H and O–H groups in total. The monoisotopic (exact) mass is 390 g/mol. The molecule has 1 aromatic heterocycles. The van der Waals surface area contributed by atoms with Crippen molar-refractivity contribution >= 4 is 11.6 Å². The predicted molar refractivity (Wildman–Crippen MR) is 114 cm³/mol. The van der Waals surface area contributed by atoms with Crippen LogP contribution >= 0.6 is 0 Å². The van der Waals surface area contributed by atoms with E-state index >= 15 is 0 Å². The molecule has 3 aromatic rings. The Balaban J connectivity index is 1.48. The van der Waals surface area contributed by atoms with Gasteiger partial charge in [-0.1, -0.05) is 30.3 Å². The minimum atomic E-state index is 0.0265. The first-order chi connectivity index (χ1) is 14.1. The van der Waals surface area contributed by atoms with Crippen LogP contribution in [0.5, 0.6) is 5.75 Å². The summed E-state index contributed by atoms with van der Waals surface area (Å²) in [5.41, 5.74) is 4.83. The summed E-state index contributed by atoms with van der Waals surface area (Å²) in [6, 6.07) is 18.0. The van der Waals surface area contributed by atoms with Gasteiger partial charge in [0.15, 0.2) is 0 Å². The van der Waals surface area contributed by atoms with Crippen molar-refractivity contribution in [2.24, 2.45) is 7.05 Å². The molecule has 4 rings (SSSR count). The van der Waals surface area contributed by atoms with Crippen molar-refractivity contribution in [3.05, 3.63) is 65.9 Å². The van der Waals surface area contributed by atoms with Crippen LogP contribution in [0.25, 0.3) is 11.3 Å². The van der Waals surface area contributed by atoms with E-state index in [0.717, 1.165) is 30.1 Å². The highest BCUT2D eigenvalue weighted by molar-refractivity contribution is 5.94. The second-order valence-corrected chi connectivity index (χ2v) is 7.34. The second kappa shape index (κ2) is 7.99. The third-order valence-electron chi connectivity index (χ3n) is 5.49. The fourth-order valence-corrected chi connectivity index (χ4v) is 3.82. The summed E-state index contributed by atoms with van der Waals surface area (Å²) in [7, 11) is 3.46. The SMILES string of the molecule is COc1cccc(-c2cc(C(=O)N3CCN(c4ccccc4C)CC3)n(C)n2)c1. The number of rotatable bonds is 4. The van der Waals surface area contributed by atoms with E-state index < -0.39 is 0 Å². The van der Waals surface area contributed by atoms with Gasteiger partial charge in [-0.15, -0.1) is 0 Å². The van der Waals surface area contributed by atoms with Crippen molar-refractivity contribution in [3.8, 4) is 17.0 Å².